The van der Waals surface area contributed by atoms with Crippen molar-refractivity contribution in [1.82, 2.24) is 20.0 Å². The fourth-order valence-corrected chi connectivity index (χ4v) is 5.84. The highest BCUT2D eigenvalue weighted by Crippen LogP contribution is 2.31. The number of piperidine rings is 3. The topological polar surface area (TPSA) is 52.6 Å². The minimum Gasteiger partial charge on any atom is -0.376 e. The van der Waals surface area contributed by atoms with Crippen molar-refractivity contribution in [1.29, 1.82) is 0 Å². The van der Waals surface area contributed by atoms with Crippen molar-refractivity contribution in [3.63, 3.8) is 0 Å². The van der Waals surface area contributed by atoms with Gasteiger partial charge in [-0.1, -0.05) is 6.42 Å². The standard InChI is InChI=1S/C24H45N5O2/c1-25-23(28-14-8-21(9-15-28)31-19-22-7-6-18-30-22)26-20-24(10-16-27(2)17-11-24)29-12-4-3-5-13-29/h21-22H,3-20H2,1-2H3,(H,25,26). The van der Waals surface area contributed by atoms with Crippen molar-refractivity contribution >= 4 is 5.96 Å². The number of likely N-dealkylation sites (tertiary alicyclic amines) is 3. The largest absolute Gasteiger partial charge is 0.376 e. The minimum absolute atomic E-state index is 0.283. The fraction of sp³-hybridized carbons (Fsp3) is 0.958. The second-order valence-corrected chi connectivity index (χ2v) is 10.1. The number of aliphatic imine (C=N–C) groups is 1. The lowest BCUT2D eigenvalue weighted by atomic mass is 9.84. The van der Waals surface area contributed by atoms with E-state index in [1.807, 2.05) is 7.05 Å². The normalized spacial score (nSPS) is 29.4. The van der Waals surface area contributed by atoms with E-state index < -0.39 is 0 Å². The molecule has 31 heavy (non-hydrogen) atoms. The molecule has 7 nitrogen and oxygen atoms in total. The van der Waals surface area contributed by atoms with Crippen LogP contribution in [-0.2, 0) is 9.47 Å². The summed E-state index contributed by atoms with van der Waals surface area (Å²) in [5, 5.41) is 3.81. The molecule has 0 amide bonds. The van der Waals surface area contributed by atoms with Crippen molar-refractivity contribution in [3.8, 4) is 0 Å². The highest BCUT2D eigenvalue weighted by molar-refractivity contribution is 5.80. The molecular weight excluding hydrogens is 390 g/mol. The molecule has 1 unspecified atom stereocenters. The summed E-state index contributed by atoms with van der Waals surface area (Å²) in [6.07, 6.45) is 11.8. The predicted octanol–water partition coefficient (Wildman–Crippen LogP) is 2.17. The molecular formula is C24H45N5O2. The Kier molecular flexibility index (Phi) is 8.49. The molecule has 0 spiro atoms. The van der Waals surface area contributed by atoms with Gasteiger partial charge < -0.3 is 24.6 Å². The maximum absolute atomic E-state index is 6.17. The van der Waals surface area contributed by atoms with Gasteiger partial charge in [0.2, 0.25) is 0 Å². The molecule has 4 aliphatic heterocycles. The predicted molar refractivity (Wildman–Crippen MR) is 126 cm³/mol. The third-order valence-electron chi connectivity index (χ3n) is 8.02. The molecule has 4 aliphatic rings. The second-order valence-electron chi connectivity index (χ2n) is 10.1. The Morgan fingerprint density at radius 2 is 1.74 bits per heavy atom. The lowest BCUT2D eigenvalue weighted by Crippen LogP contribution is -2.62. The van der Waals surface area contributed by atoms with Gasteiger partial charge in [-0.25, -0.2) is 0 Å². The molecule has 1 atom stereocenters. The third kappa shape index (κ3) is 6.12. The number of nitrogens with one attached hydrogen (secondary N) is 1. The van der Waals surface area contributed by atoms with Crippen LogP contribution in [0.25, 0.3) is 0 Å². The number of hydrogen-bond donors (Lipinski definition) is 1. The summed E-state index contributed by atoms with van der Waals surface area (Å²) in [5.74, 6) is 1.08. The van der Waals surface area contributed by atoms with E-state index in [1.165, 1.54) is 64.7 Å². The first kappa shape index (κ1) is 23.3. The monoisotopic (exact) mass is 435 g/mol. The van der Waals surface area contributed by atoms with Crippen molar-refractivity contribution in [2.24, 2.45) is 4.99 Å². The second kappa shape index (κ2) is 11.3. The maximum atomic E-state index is 6.17. The van der Waals surface area contributed by atoms with Crippen molar-refractivity contribution in [2.75, 3.05) is 73.1 Å². The Morgan fingerprint density at radius 1 is 1.00 bits per heavy atom. The van der Waals surface area contributed by atoms with E-state index in [0.29, 0.717) is 12.2 Å². The maximum Gasteiger partial charge on any atom is 0.193 e. The summed E-state index contributed by atoms with van der Waals surface area (Å²) < 4.78 is 11.9. The van der Waals surface area contributed by atoms with Crippen LogP contribution in [0.3, 0.4) is 0 Å². The van der Waals surface area contributed by atoms with Gasteiger partial charge in [0.1, 0.15) is 0 Å². The fourth-order valence-electron chi connectivity index (χ4n) is 5.84. The molecule has 0 aliphatic carbocycles. The molecule has 0 bridgehead atoms. The molecule has 0 saturated carbocycles. The van der Waals surface area contributed by atoms with E-state index in [-0.39, 0.29) is 5.54 Å². The Morgan fingerprint density at radius 3 is 2.39 bits per heavy atom. The SMILES string of the molecule is CN=C(NCC1(N2CCCCC2)CCN(C)CC1)N1CCC(OCC2CCCO2)CC1. The Hall–Kier alpha value is -0.890. The summed E-state index contributed by atoms with van der Waals surface area (Å²) in [4.78, 5) is 12.4. The Balaban J connectivity index is 1.26. The van der Waals surface area contributed by atoms with Gasteiger partial charge in [-0.05, 0) is 84.6 Å². The number of rotatable bonds is 6. The highest BCUT2D eigenvalue weighted by Gasteiger charge is 2.40. The van der Waals surface area contributed by atoms with E-state index in [0.717, 1.165) is 58.1 Å². The van der Waals surface area contributed by atoms with Crippen LogP contribution in [0.4, 0.5) is 0 Å². The zero-order valence-corrected chi connectivity index (χ0v) is 20.0. The van der Waals surface area contributed by atoms with Crippen LogP contribution >= 0.6 is 0 Å². The zero-order chi connectivity index (χ0) is 21.5. The van der Waals surface area contributed by atoms with E-state index in [9.17, 15) is 0 Å². The van der Waals surface area contributed by atoms with E-state index in [2.05, 4.69) is 32.1 Å². The van der Waals surface area contributed by atoms with Gasteiger partial charge in [-0.3, -0.25) is 9.89 Å². The van der Waals surface area contributed by atoms with Gasteiger partial charge in [0.15, 0.2) is 5.96 Å². The van der Waals surface area contributed by atoms with Gasteiger partial charge in [-0.15, -0.1) is 0 Å². The summed E-state index contributed by atoms with van der Waals surface area (Å²) in [6, 6.07) is 0. The molecule has 7 heteroatoms. The van der Waals surface area contributed by atoms with E-state index in [4.69, 9.17) is 9.47 Å². The molecule has 178 valence electrons. The average Bonchev–Trinajstić information content (AvgIpc) is 3.35. The first-order chi connectivity index (χ1) is 15.2. The third-order valence-corrected chi connectivity index (χ3v) is 8.02. The number of ether oxygens (including phenoxy) is 2. The van der Waals surface area contributed by atoms with Crippen molar-refractivity contribution < 1.29 is 9.47 Å². The van der Waals surface area contributed by atoms with E-state index >= 15 is 0 Å². The molecule has 4 saturated heterocycles. The van der Waals surface area contributed by atoms with Gasteiger partial charge in [0, 0.05) is 38.8 Å². The van der Waals surface area contributed by atoms with Crippen LogP contribution < -0.4 is 5.32 Å². The molecule has 4 heterocycles. The van der Waals surface area contributed by atoms with Gasteiger partial charge >= 0.3 is 0 Å². The minimum atomic E-state index is 0.283. The van der Waals surface area contributed by atoms with Crippen LogP contribution in [0.2, 0.25) is 0 Å². The quantitative estimate of drug-likeness (QED) is 0.510. The van der Waals surface area contributed by atoms with Gasteiger partial charge in [0.05, 0.1) is 18.8 Å². The molecule has 0 aromatic heterocycles. The number of hydrogen-bond acceptors (Lipinski definition) is 5. The summed E-state index contributed by atoms with van der Waals surface area (Å²) in [5.41, 5.74) is 0.283. The molecule has 4 rings (SSSR count). The van der Waals surface area contributed by atoms with Crippen molar-refractivity contribution in [3.05, 3.63) is 0 Å². The summed E-state index contributed by atoms with van der Waals surface area (Å²) in [6.45, 7) is 9.66. The summed E-state index contributed by atoms with van der Waals surface area (Å²) in [7, 11) is 4.20. The van der Waals surface area contributed by atoms with Gasteiger partial charge in [-0.2, -0.15) is 0 Å². The smallest absolute Gasteiger partial charge is 0.193 e. The lowest BCUT2D eigenvalue weighted by Gasteiger charge is -2.50. The Labute approximate surface area is 189 Å². The lowest BCUT2D eigenvalue weighted by molar-refractivity contribution is -0.0368. The molecule has 0 radical (unpaired) electrons. The van der Waals surface area contributed by atoms with Crippen LogP contribution in [0, 0.1) is 0 Å². The number of nitrogens with zero attached hydrogens (tertiary/aromatic N) is 4. The molecule has 4 fully saturated rings. The van der Waals surface area contributed by atoms with Crippen LogP contribution in [-0.4, -0.2) is 112 Å². The van der Waals surface area contributed by atoms with Crippen LogP contribution in [0.15, 0.2) is 4.99 Å². The van der Waals surface area contributed by atoms with Crippen molar-refractivity contribution in [2.45, 2.75) is 75.5 Å². The molecule has 1 N–H and O–H groups in total. The van der Waals surface area contributed by atoms with E-state index in [1.54, 1.807) is 0 Å². The molecule has 0 aromatic rings. The van der Waals surface area contributed by atoms with Crippen LogP contribution in [0.5, 0.6) is 0 Å². The Bertz CT molecular complexity index is 558. The molecule has 0 aromatic carbocycles. The first-order valence-corrected chi connectivity index (χ1v) is 12.8. The zero-order valence-electron chi connectivity index (χ0n) is 20.0. The average molecular weight is 436 g/mol. The summed E-state index contributed by atoms with van der Waals surface area (Å²) >= 11 is 0. The highest BCUT2D eigenvalue weighted by atomic mass is 16.5. The number of guanidine groups is 1. The van der Waals surface area contributed by atoms with Gasteiger partial charge in [0.25, 0.3) is 0 Å². The first-order valence-electron chi connectivity index (χ1n) is 12.8. The van der Waals surface area contributed by atoms with Crippen LogP contribution in [0.1, 0.15) is 57.8 Å².